The molecule has 1 atom stereocenters. The Balaban J connectivity index is 1.76. The maximum absolute atomic E-state index is 15.3. The molecule has 3 heterocycles. The first kappa shape index (κ1) is 28.0. The van der Waals surface area contributed by atoms with Crippen LogP contribution in [0.2, 0.25) is 0 Å². The molecule has 2 aromatic heterocycles. The van der Waals surface area contributed by atoms with Crippen LogP contribution >= 0.6 is 0 Å². The SMILES string of the molecule is CC(C)n1ccc(C2=C(c3nnn[nH]3)C(=O)NC(c3ccc(OCCCC(F)(F)F)cc3F)(C(F)(F)F)C2)n1. The van der Waals surface area contributed by atoms with Crippen molar-refractivity contribution in [2.45, 2.75) is 57.0 Å². The molecule has 1 amide bonds. The molecule has 0 saturated heterocycles. The Morgan fingerprint density at radius 1 is 1.15 bits per heavy atom. The fourth-order valence-electron chi connectivity index (χ4n) is 4.19. The number of rotatable bonds is 8. The van der Waals surface area contributed by atoms with Crippen LogP contribution in [0.3, 0.4) is 0 Å². The molecule has 1 aliphatic rings. The lowest BCUT2D eigenvalue weighted by Gasteiger charge is -2.41. The second kappa shape index (κ2) is 10.3. The van der Waals surface area contributed by atoms with E-state index in [-0.39, 0.29) is 34.5 Å². The number of aromatic amines is 1. The van der Waals surface area contributed by atoms with Crippen LogP contribution in [-0.4, -0.2) is 55.3 Å². The molecule has 4 rings (SSSR count). The molecule has 1 unspecified atom stereocenters. The summed E-state index contributed by atoms with van der Waals surface area (Å²) in [4.78, 5) is 13.2. The minimum Gasteiger partial charge on any atom is -0.493 e. The number of aromatic nitrogens is 6. The summed E-state index contributed by atoms with van der Waals surface area (Å²) in [6.45, 7) is 3.16. The lowest BCUT2D eigenvalue weighted by atomic mass is 9.77. The number of ether oxygens (including phenoxy) is 1. The molecule has 2 N–H and O–H groups in total. The third-order valence-corrected chi connectivity index (χ3v) is 6.08. The van der Waals surface area contributed by atoms with E-state index in [1.54, 1.807) is 13.8 Å². The van der Waals surface area contributed by atoms with Crippen molar-refractivity contribution in [2.75, 3.05) is 6.61 Å². The fraction of sp³-hybridized carbons (Fsp3) is 0.435. The first-order chi connectivity index (χ1) is 18.2. The summed E-state index contributed by atoms with van der Waals surface area (Å²) in [6, 6.07) is 3.69. The number of amides is 1. The van der Waals surface area contributed by atoms with E-state index in [1.807, 2.05) is 5.32 Å². The summed E-state index contributed by atoms with van der Waals surface area (Å²) >= 11 is 0. The smallest absolute Gasteiger partial charge is 0.416 e. The third kappa shape index (κ3) is 5.73. The fourth-order valence-corrected chi connectivity index (χ4v) is 4.19. The summed E-state index contributed by atoms with van der Waals surface area (Å²) in [5.74, 6) is -3.07. The number of nitrogens with zero attached hydrogens (tertiary/aromatic N) is 5. The number of halogens is 7. The van der Waals surface area contributed by atoms with Crippen molar-refractivity contribution in [3.63, 3.8) is 0 Å². The van der Waals surface area contributed by atoms with Gasteiger partial charge < -0.3 is 10.1 Å². The van der Waals surface area contributed by atoms with E-state index in [0.717, 1.165) is 12.1 Å². The number of benzene rings is 1. The average Bonchev–Trinajstić information content (AvgIpc) is 3.52. The molecule has 210 valence electrons. The van der Waals surface area contributed by atoms with Gasteiger partial charge in [-0.3, -0.25) is 9.48 Å². The summed E-state index contributed by atoms with van der Waals surface area (Å²) in [6.07, 6.45) is -10.6. The number of carbonyl (C=O) groups excluding carboxylic acids is 1. The number of H-pyrrole nitrogens is 1. The quantitative estimate of drug-likeness (QED) is 0.304. The van der Waals surface area contributed by atoms with E-state index < -0.39 is 61.0 Å². The van der Waals surface area contributed by atoms with E-state index >= 15 is 4.39 Å². The topological polar surface area (TPSA) is 111 Å². The zero-order chi connectivity index (χ0) is 28.6. The number of hydrogen-bond acceptors (Lipinski definition) is 6. The van der Waals surface area contributed by atoms with Crippen molar-refractivity contribution in [3.8, 4) is 5.75 Å². The van der Waals surface area contributed by atoms with Crippen LogP contribution in [0.25, 0.3) is 11.1 Å². The molecule has 0 spiro atoms. The molecule has 0 radical (unpaired) electrons. The Kier molecular flexibility index (Phi) is 7.40. The van der Waals surface area contributed by atoms with Crippen molar-refractivity contribution in [1.29, 1.82) is 0 Å². The lowest BCUT2D eigenvalue weighted by molar-refractivity contribution is -0.202. The normalized spacial score (nSPS) is 18.6. The number of alkyl halides is 6. The molecule has 9 nitrogen and oxygen atoms in total. The van der Waals surface area contributed by atoms with Gasteiger partial charge in [0.1, 0.15) is 11.6 Å². The van der Waals surface area contributed by atoms with E-state index in [0.29, 0.717) is 6.07 Å². The van der Waals surface area contributed by atoms with E-state index in [4.69, 9.17) is 4.74 Å². The van der Waals surface area contributed by atoms with Gasteiger partial charge in [0.15, 0.2) is 11.4 Å². The zero-order valence-electron chi connectivity index (χ0n) is 20.5. The summed E-state index contributed by atoms with van der Waals surface area (Å²) in [7, 11) is 0. The number of nitrogens with one attached hydrogen (secondary N) is 2. The molecule has 0 saturated carbocycles. The van der Waals surface area contributed by atoms with Gasteiger partial charge in [0.05, 0.1) is 17.9 Å². The van der Waals surface area contributed by atoms with Gasteiger partial charge in [-0.2, -0.15) is 31.4 Å². The molecule has 1 aromatic carbocycles. The molecular formula is C23H22F7N7O2. The van der Waals surface area contributed by atoms with Crippen LogP contribution in [0.5, 0.6) is 5.75 Å². The van der Waals surface area contributed by atoms with Crippen molar-refractivity contribution in [3.05, 3.63) is 53.4 Å². The molecule has 0 fully saturated rings. The van der Waals surface area contributed by atoms with Crippen molar-refractivity contribution >= 4 is 17.1 Å². The van der Waals surface area contributed by atoms with Gasteiger partial charge in [-0.15, -0.1) is 5.10 Å². The average molecular weight is 561 g/mol. The Hall–Kier alpha value is -3.98. The highest BCUT2D eigenvalue weighted by Crippen LogP contribution is 2.50. The highest BCUT2D eigenvalue weighted by molar-refractivity contribution is 6.27. The van der Waals surface area contributed by atoms with Gasteiger partial charge in [-0.1, -0.05) is 0 Å². The van der Waals surface area contributed by atoms with Crippen LogP contribution in [-0.2, 0) is 10.3 Å². The minimum absolute atomic E-state index is 0.0311. The van der Waals surface area contributed by atoms with Gasteiger partial charge in [0, 0.05) is 36.7 Å². The van der Waals surface area contributed by atoms with Crippen LogP contribution in [0.1, 0.15) is 56.2 Å². The summed E-state index contributed by atoms with van der Waals surface area (Å²) < 4.78 is 103. The number of carbonyl (C=O) groups is 1. The van der Waals surface area contributed by atoms with Gasteiger partial charge in [0.25, 0.3) is 5.91 Å². The van der Waals surface area contributed by atoms with Crippen LogP contribution in [0, 0.1) is 5.82 Å². The molecule has 1 aliphatic heterocycles. The standard InChI is InChI=1S/C23H22F7N7O2/c1-12(2)37-8-6-17(34-37)14-11-21(23(28,29)30,31-20(38)18(14)19-32-35-36-33-19)15-5-4-13(10-16(15)24)39-9-3-7-22(25,26)27/h4-6,8,10,12H,3,7,9,11H2,1-2H3,(H,31,38)(H,32,33,35,36). The Morgan fingerprint density at radius 2 is 1.90 bits per heavy atom. The van der Waals surface area contributed by atoms with Gasteiger partial charge >= 0.3 is 12.4 Å². The number of tetrazole rings is 1. The Bertz CT molecular complexity index is 1360. The van der Waals surface area contributed by atoms with Crippen LogP contribution in [0.4, 0.5) is 30.7 Å². The van der Waals surface area contributed by atoms with Crippen LogP contribution < -0.4 is 10.1 Å². The zero-order valence-corrected chi connectivity index (χ0v) is 20.5. The largest absolute Gasteiger partial charge is 0.493 e. The first-order valence-electron chi connectivity index (χ1n) is 11.6. The molecule has 3 aromatic rings. The van der Waals surface area contributed by atoms with E-state index in [1.165, 1.54) is 16.9 Å². The molecule has 39 heavy (non-hydrogen) atoms. The van der Waals surface area contributed by atoms with E-state index in [2.05, 4.69) is 25.7 Å². The monoisotopic (exact) mass is 561 g/mol. The molecule has 0 bridgehead atoms. The van der Waals surface area contributed by atoms with Crippen molar-refractivity contribution in [2.24, 2.45) is 0 Å². The maximum Gasteiger partial charge on any atom is 0.416 e. The highest BCUT2D eigenvalue weighted by atomic mass is 19.4. The predicted octanol–water partition coefficient (Wildman–Crippen LogP) is 4.73. The van der Waals surface area contributed by atoms with Crippen molar-refractivity contribution in [1.82, 2.24) is 35.7 Å². The van der Waals surface area contributed by atoms with Crippen LogP contribution in [0.15, 0.2) is 30.5 Å². The molecule has 16 heteroatoms. The first-order valence-corrected chi connectivity index (χ1v) is 11.6. The summed E-state index contributed by atoms with van der Waals surface area (Å²) in [5, 5.41) is 19.0. The highest BCUT2D eigenvalue weighted by Gasteiger charge is 2.61. The van der Waals surface area contributed by atoms with Gasteiger partial charge in [-0.05, 0) is 54.5 Å². The summed E-state index contributed by atoms with van der Waals surface area (Å²) in [5.41, 5.74) is -4.58. The molecule has 0 aliphatic carbocycles. The second-order valence-corrected chi connectivity index (χ2v) is 9.12. The third-order valence-electron chi connectivity index (χ3n) is 6.08. The second-order valence-electron chi connectivity index (χ2n) is 9.12. The van der Waals surface area contributed by atoms with Gasteiger partial charge in [-0.25, -0.2) is 9.49 Å². The molecular weight excluding hydrogens is 539 g/mol. The van der Waals surface area contributed by atoms with Gasteiger partial charge in [0.2, 0.25) is 0 Å². The Labute approximate surface area is 216 Å². The predicted molar refractivity (Wildman–Crippen MR) is 121 cm³/mol. The maximum atomic E-state index is 15.3. The minimum atomic E-state index is -5.20. The van der Waals surface area contributed by atoms with E-state index in [9.17, 15) is 31.1 Å². The Morgan fingerprint density at radius 3 is 2.46 bits per heavy atom. The number of hydrogen-bond donors (Lipinski definition) is 2. The lowest BCUT2D eigenvalue weighted by Crippen LogP contribution is -2.59. The van der Waals surface area contributed by atoms with Crippen molar-refractivity contribution < 1.29 is 40.3 Å².